The highest BCUT2D eigenvalue weighted by atomic mass is 35.5. The third kappa shape index (κ3) is 2.29. The quantitative estimate of drug-likeness (QED) is 0.635. The Labute approximate surface area is 122 Å². The largest absolute Gasteiger partial charge is 0.492 e. The molecule has 4 nitrogen and oxygen atoms in total. The third-order valence-electron chi connectivity index (χ3n) is 3.87. The predicted octanol–water partition coefficient (Wildman–Crippen LogP) is 2.66. The van der Waals surface area contributed by atoms with Crippen LogP contribution in [-0.2, 0) is 16.0 Å². The smallest absolute Gasteiger partial charge is 0.309 e. The zero-order valence-electron chi connectivity index (χ0n) is 11.1. The molecule has 2 aliphatic rings. The summed E-state index contributed by atoms with van der Waals surface area (Å²) in [6.45, 7) is 0.660. The van der Waals surface area contributed by atoms with Crippen LogP contribution in [0.3, 0.4) is 0 Å². The Morgan fingerprint density at radius 1 is 1.35 bits per heavy atom. The number of halogens is 1. The van der Waals surface area contributed by atoms with Crippen molar-refractivity contribution in [1.82, 2.24) is 0 Å². The zero-order valence-corrected chi connectivity index (χ0v) is 11.9. The van der Waals surface area contributed by atoms with Crippen LogP contribution < -0.4 is 4.74 Å². The number of carbonyl (C=O) groups is 2. The molecule has 0 spiro atoms. The van der Waals surface area contributed by atoms with Crippen molar-refractivity contribution >= 4 is 23.4 Å². The number of fused-ring (bicyclic) bond motifs is 1. The molecule has 1 saturated carbocycles. The molecule has 106 valence electrons. The standard InChI is InChI=1S/C15H15ClO4/c1-19-15(18)11-7-10(11)13(17)9-5-8-3-2-4-20-14(8)12(16)6-9/h5-6,10-11H,2-4,7H2,1H3/t10-,11-/m0/s1. The van der Waals surface area contributed by atoms with Crippen LogP contribution in [0.15, 0.2) is 12.1 Å². The molecule has 1 aliphatic heterocycles. The maximum atomic E-state index is 12.4. The zero-order chi connectivity index (χ0) is 14.3. The van der Waals surface area contributed by atoms with Gasteiger partial charge in [0.15, 0.2) is 5.78 Å². The van der Waals surface area contributed by atoms with Crippen LogP contribution in [0.25, 0.3) is 0 Å². The summed E-state index contributed by atoms with van der Waals surface area (Å²) in [5, 5.41) is 0.473. The number of carbonyl (C=O) groups excluding carboxylic acids is 2. The van der Waals surface area contributed by atoms with Gasteiger partial charge in [-0.1, -0.05) is 11.6 Å². The Balaban J connectivity index is 1.83. The van der Waals surface area contributed by atoms with Crippen LogP contribution in [0, 0.1) is 11.8 Å². The van der Waals surface area contributed by atoms with E-state index in [1.165, 1.54) is 7.11 Å². The van der Waals surface area contributed by atoms with Crippen molar-refractivity contribution in [3.63, 3.8) is 0 Å². The molecule has 0 radical (unpaired) electrons. The Kier molecular flexibility index (Phi) is 3.42. The summed E-state index contributed by atoms with van der Waals surface area (Å²) < 4.78 is 10.2. The molecular formula is C15H15ClO4. The van der Waals surface area contributed by atoms with Gasteiger partial charge in [-0.25, -0.2) is 0 Å². The van der Waals surface area contributed by atoms with Gasteiger partial charge in [-0.15, -0.1) is 0 Å². The molecule has 0 amide bonds. The highest BCUT2D eigenvalue weighted by Crippen LogP contribution is 2.43. The lowest BCUT2D eigenvalue weighted by Crippen LogP contribution is -2.13. The van der Waals surface area contributed by atoms with E-state index in [-0.39, 0.29) is 23.6 Å². The van der Waals surface area contributed by atoms with Crippen LogP contribution in [-0.4, -0.2) is 25.5 Å². The molecule has 1 heterocycles. The van der Waals surface area contributed by atoms with E-state index in [0.29, 0.717) is 29.4 Å². The molecule has 20 heavy (non-hydrogen) atoms. The number of hydrogen-bond donors (Lipinski definition) is 0. The molecule has 0 bridgehead atoms. The first-order chi connectivity index (χ1) is 9.61. The van der Waals surface area contributed by atoms with Crippen molar-refractivity contribution < 1.29 is 19.1 Å². The molecule has 0 aromatic heterocycles. The second kappa shape index (κ2) is 5.09. The molecule has 0 unspecified atom stereocenters. The maximum Gasteiger partial charge on any atom is 0.309 e. The van der Waals surface area contributed by atoms with E-state index in [0.717, 1.165) is 18.4 Å². The number of benzene rings is 1. The summed E-state index contributed by atoms with van der Waals surface area (Å²) in [6, 6.07) is 3.48. The van der Waals surface area contributed by atoms with Gasteiger partial charge in [-0.3, -0.25) is 9.59 Å². The Bertz CT molecular complexity index is 581. The lowest BCUT2D eigenvalue weighted by molar-refractivity contribution is -0.142. The first-order valence-electron chi connectivity index (χ1n) is 6.69. The maximum absolute atomic E-state index is 12.4. The predicted molar refractivity (Wildman–Crippen MR) is 73.2 cm³/mol. The Morgan fingerprint density at radius 3 is 2.90 bits per heavy atom. The van der Waals surface area contributed by atoms with Gasteiger partial charge in [0.05, 0.1) is 24.7 Å². The number of methoxy groups -OCH3 is 1. The number of esters is 1. The summed E-state index contributed by atoms with van der Waals surface area (Å²) in [6.07, 6.45) is 2.35. The van der Waals surface area contributed by atoms with Crippen molar-refractivity contribution in [1.29, 1.82) is 0 Å². The minimum absolute atomic E-state index is 0.0318. The van der Waals surface area contributed by atoms with Crippen LogP contribution >= 0.6 is 11.6 Å². The topological polar surface area (TPSA) is 52.6 Å². The molecule has 1 aliphatic carbocycles. The second-order valence-corrected chi connectivity index (χ2v) is 5.64. The van der Waals surface area contributed by atoms with Gasteiger partial charge in [0.25, 0.3) is 0 Å². The van der Waals surface area contributed by atoms with Gasteiger partial charge >= 0.3 is 5.97 Å². The second-order valence-electron chi connectivity index (χ2n) is 5.23. The summed E-state index contributed by atoms with van der Waals surface area (Å²) >= 11 is 6.17. The summed E-state index contributed by atoms with van der Waals surface area (Å²) in [7, 11) is 1.34. The van der Waals surface area contributed by atoms with Crippen molar-refractivity contribution in [2.75, 3.05) is 13.7 Å². The van der Waals surface area contributed by atoms with E-state index in [9.17, 15) is 9.59 Å². The highest BCUT2D eigenvalue weighted by molar-refractivity contribution is 6.32. The number of aryl methyl sites for hydroxylation is 1. The van der Waals surface area contributed by atoms with Crippen molar-refractivity contribution in [3.8, 4) is 5.75 Å². The molecule has 0 N–H and O–H groups in total. The van der Waals surface area contributed by atoms with E-state index >= 15 is 0 Å². The lowest BCUT2D eigenvalue weighted by Gasteiger charge is -2.19. The molecule has 5 heteroatoms. The first-order valence-corrected chi connectivity index (χ1v) is 7.07. The SMILES string of the molecule is COC(=O)[C@H]1C[C@@H]1C(=O)c1cc(Cl)c2c(c1)CCCO2. The monoisotopic (exact) mass is 294 g/mol. The molecule has 2 atom stereocenters. The van der Waals surface area contributed by atoms with Crippen molar-refractivity contribution in [3.05, 3.63) is 28.3 Å². The molecule has 1 fully saturated rings. The van der Waals surface area contributed by atoms with E-state index < -0.39 is 0 Å². The average molecular weight is 295 g/mol. The normalized spacial score (nSPS) is 23.5. The van der Waals surface area contributed by atoms with Crippen LogP contribution in [0.2, 0.25) is 5.02 Å². The van der Waals surface area contributed by atoms with E-state index in [4.69, 9.17) is 16.3 Å². The summed E-state index contributed by atoms with van der Waals surface area (Å²) in [5.41, 5.74) is 1.54. The molecular weight excluding hydrogens is 280 g/mol. The number of ether oxygens (including phenoxy) is 2. The van der Waals surface area contributed by atoms with Gasteiger partial charge in [0, 0.05) is 11.5 Å². The molecule has 3 rings (SSSR count). The molecule has 1 aromatic rings. The van der Waals surface area contributed by atoms with Gasteiger partial charge in [0.2, 0.25) is 0 Å². The third-order valence-corrected chi connectivity index (χ3v) is 4.15. The fourth-order valence-corrected chi connectivity index (χ4v) is 2.98. The number of ketones is 1. The number of hydrogen-bond acceptors (Lipinski definition) is 4. The van der Waals surface area contributed by atoms with Gasteiger partial charge in [0.1, 0.15) is 5.75 Å². The van der Waals surface area contributed by atoms with Gasteiger partial charge in [-0.2, -0.15) is 0 Å². The number of rotatable bonds is 3. The average Bonchev–Trinajstić information content (AvgIpc) is 3.26. The number of Topliss-reactive ketones (excluding diaryl/α,β-unsaturated/α-hetero) is 1. The Hall–Kier alpha value is -1.55. The fraction of sp³-hybridized carbons (Fsp3) is 0.467. The highest BCUT2D eigenvalue weighted by Gasteiger charge is 2.49. The minimum Gasteiger partial charge on any atom is -0.492 e. The molecule has 0 saturated heterocycles. The lowest BCUT2D eigenvalue weighted by atomic mass is 9.99. The van der Waals surface area contributed by atoms with Crippen LogP contribution in [0.5, 0.6) is 5.75 Å². The fourth-order valence-electron chi connectivity index (χ4n) is 2.69. The summed E-state index contributed by atoms with van der Waals surface area (Å²) in [4.78, 5) is 23.8. The summed E-state index contributed by atoms with van der Waals surface area (Å²) in [5.74, 6) is -0.208. The van der Waals surface area contributed by atoms with Crippen molar-refractivity contribution in [2.45, 2.75) is 19.3 Å². The molecule has 1 aromatic carbocycles. The van der Waals surface area contributed by atoms with Crippen LogP contribution in [0.1, 0.15) is 28.8 Å². The van der Waals surface area contributed by atoms with Crippen molar-refractivity contribution in [2.24, 2.45) is 11.8 Å². The van der Waals surface area contributed by atoms with E-state index in [1.807, 2.05) is 6.07 Å². The minimum atomic E-state index is -0.309. The van der Waals surface area contributed by atoms with Crippen LogP contribution in [0.4, 0.5) is 0 Å². The van der Waals surface area contributed by atoms with E-state index in [1.54, 1.807) is 6.07 Å². The Morgan fingerprint density at radius 2 is 2.15 bits per heavy atom. The van der Waals surface area contributed by atoms with E-state index in [2.05, 4.69) is 4.74 Å². The van der Waals surface area contributed by atoms with Gasteiger partial charge < -0.3 is 9.47 Å². The van der Waals surface area contributed by atoms with Gasteiger partial charge in [-0.05, 0) is 37.0 Å². The first kappa shape index (κ1) is 13.4.